The molecule has 86 valence electrons. The van der Waals surface area contributed by atoms with Gasteiger partial charge in [0.05, 0.1) is 5.69 Å². The van der Waals surface area contributed by atoms with Gasteiger partial charge in [-0.1, -0.05) is 20.8 Å². The summed E-state index contributed by atoms with van der Waals surface area (Å²) in [5, 5.41) is 6.85. The van der Waals surface area contributed by atoms with E-state index in [1.807, 2.05) is 20.8 Å². The largest absolute Gasteiger partial charge is 0.296 e. The Morgan fingerprint density at radius 1 is 1.31 bits per heavy atom. The van der Waals surface area contributed by atoms with Gasteiger partial charge in [-0.2, -0.15) is 5.10 Å². The zero-order chi connectivity index (χ0) is 12.1. The number of nitrogens with one attached hydrogen (secondary N) is 1. The molecule has 0 aliphatic rings. The van der Waals surface area contributed by atoms with E-state index in [4.69, 9.17) is 11.8 Å². The smallest absolute Gasteiger partial charge is 0.279 e. The molecule has 0 fully saturated rings. The standard InChI is InChI=1S/C10H13ClN4O/c1-5-12-6-7(9(16)15(5)11)13-14-8(6)10(2,3)4/h1-4H3,(H,13,14). The summed E-state index contributed by atoms with van der Waals surface area (Å²) in [5.41, 5.74) is 1.26. The lowest BCUT2D eigenvalue weighted by molar-refractivity contribution is 0.570. The number of nitrogens with zero attached hydrogens (tertiary/aromatic N) is 3. The van der Waals surface area contributed by atoms with Crippen LogP contribution in [-0.2, 0) is 5.41 Å². The van der Waals surface area contributed by atoms with Crippen LogP contribution in [0.3, 0.4) is 0 Å². The summed E-state index contributed by atoms with van der Waals surface area (Å²) in [7, 11) is 0. The van der Waals surface area contributed by atoms with Gasteiger partial charge in [-0.3, -0.25) is 9.89 Å². The quantitative estimate of drug-likeness (QED) is 0.763. The van der Waals surface area contributed by atoms with Crippen LogP contribution in [0.5, 0.6) is 0 Å². The molecule has 0 amide bonds. The minimum Gasteiger partial charge on any atom is -0.279 e. The summed E-state index contributed by atoms with van der Waals surface area (Å²) in [6, 6.07) is 0. The van der Waals surface area contributed by atoms with E-state index in [0.29, 0.717) is 11.3 Å². The van der Waals surface area contributed by atoms with Crippen molar-refractivity contribution in [2.24, 2.45) is 0 Å². The number of H-pyrrole nitrogens is 1. The van der Waals surface area contributed by atoms with Gasteiger partial charge in [0.15, 0.2) is 5.52 Å². The maximum absolute atomic E-state index is 11.8. The maximum atomic E-state index is 11.8. The van der Waals surface area contributed by atoms with Crippen LogP contribution in [0.4, 0.5) is 0 Å². The van der Waals surface area contributed by atoms with Crippen molar-refractivity contribution in [1.82, 2.24) is 19.3 Å². The second kappa shape index (κ2) is 3.31. The summed E-state index contributed by atoms with van der Waals surface area (Å²) in [6.07, 6.45) is 0. The van der Waals surface area contributed by atoms with Crippen molar-refractivity contribution >= 4 is 22.8 Å². The molecule has 0 aromatic carbocycles. The van der Waals surface area contributed by atoms with Crippen molar-refractivity contribution in [3.63, 3.8) is 0 Å². The van der Waals surface area contributed by atoms with Crippen LogP contribution < -0.4 is 5.56 Å². The highest BCUT2D eigenvalue weighted by Gasteiger charge is 2.23. The highest BCUT2D eigenvalue weighted by atomic mass is 35.5. The van der Waals surface area contributed by atoms with E-state index in [2.05, 4.69) is 15.2 Å². The number of aromatic amines is 1. The average molecular weight is 241 g/mol. The van der Waals surface area contributed by atoms with Crippen LogP contribution in [0.2, 0.25) is 0 Å². The molecule has 6 heteroatoms. The topological polar surface area (TPSA) is 63.6 Å². The van der Waals surface area contributed by atoms with Gasteiger partial charge in [0.1, 0.15) is 11.3 Å². The highest BCUT2D eigenvalue weighted by Crippen LogP contribution is 2.25. The zero-order valence-corrected chi connectivity index (χ0v) is 10.4. The lowest BCUT2D eigenvalue weighted by Crippen LogP contribution is -2.18. The van der Waals surface area contributed by atoms with Gasteiger partial charge in [-0.15, -0.1) is 0 Å². The van der Waals surface area contributed by atoms with Gasteiger partial charge < -0.3 is 0 Å². The molecular weight excluding hydrogens is 228 g/mol. The third kappa shape index (κ3) is 1.51. The third-order valence-electron chi connectivity index (χ3n) is 2.43. The molecule has 0 bridgehead atoms. The summed E-state index contributed by atoms with van der Waals surface area (Å²) in [5.74, 6) is 0.464. The summed E-state index contributed by atoms with van der Waals surface area (Å²) < 4.78 is 0.982. The first-order chi connectivity index (χ1) is 7.32. The monoisotopic (exact) mass is 240 g/mol. The van der Waals surface area contributed by atoms with Crippen molar-refractivity contribution in [2.75, 3.05) is 0 Å². The first kappa shape index (κ1) is 11.1. The van der Waals surface area contributed by atoms with Gasteiger partial charge in [-0.25, -0.2) is 9.07 Å². The van der Waals surface area contributed by atoms with E-state index >= 15 is 0 Å². The molecule has 1 N–H and O–H groups in total. The molecule has 2 heterocycles. The Morgan fingerprint density at radius 2 is 1.94 bits per heavy atom. The van der Waals surface area contributed by atoms with Crippen molar-refractivity contribution in [3.05, 3.63) is 21.9 Å². The van der Waals surface area contributed by atoms with Crippen molar-refractivity contribution in [1.29, 1.82) is 0 Å². The number of aromatic nitrogens is 4. The van der Waals surface area contributed by atoms with Crippen LogP contribution in [-0.4, -0.2) is 19.3 Å². The van der Waals surface area contributed by atoms with Crippen LogP contribution in [0.25, 0.3) is 11.0 Å². The first-order valence-electron chi connectivity index (χ1n) is 4.96. The third-order valence-corrected chi connectivity index (χ3v) is 2.83. The van der Waals surface area contributed by atoms with Crippen LogP contribution in [0, 0.1) is 6.92 Å². The molecule has 5 nitrogen and oxygen atoms in total. The molecule has 2 aromatic rings. The van der Waals surface area contributed by atoms with Crippen LogP contribution in [0.15, 0.2) is 4.79 Å². The van der Waals surface area contributed by atoms with Crippen molar-refractivity contribution in [2.45, 2.75) is 33.1 Å². The summed E-state index contributed by atoms with van der Waals surface area (Å²) >= 11 is 5.77. The molecule has 2 rings (SSSR count). The van der Waals surface area contributed by atoms with Crippen LogP contribution in [0.1, 0.15) is 32.3 Å². The molecule has 0 aliphatic carbocycles. The average Bonchev–Trinajstić information content (AvgIpc) is 2.57. The fourth-order valence-corrected chi connectivity index (χ4v) is 1.68. The molecular formula is C10H13ClN4O. The predicted octanol–water partition coefficient (Wildman–Crippen LogP) is 1.73. The molecule has 0 aliphatic heterocycles. The fraction of sp³-hybridized carbons (Fsp3) is 0.500. The Balaban J connectivity index is 2.90. The van der Waals surface area contributed by atoms with Crippen LogP contribution >= 0.6 is 11.8 Å². The first-order valence-corrected chi connectivity index (χ1v) is 5.30. The van der Waals surface area contributed by atoms with Gasteiger partial charge in [-0.05, 0) is 6.92 Å². The molecule has 0 spiro atoms. The van der Waals surface area contributed by atoms with Gasteiger partial charge in [0.25, 0.3) is 5.56 Å². The fourth-order valence-electron chi connectivity index (χ4n) is 1.56. The van der Waals surface area contributed by atoms with E-state index in [1.165, 1.54) is 0 Å². The molecule has 0 saturated heterocycles. The molecule has 0 saturated carbocycles. The predicted molar refractivity (Wildman–Crippen MR) is 62.8 cm³/mol. The van der Waals surface area contributed by atoms with E-state index in [1.54, 1.807) is 6.92 Å². The number of halogens is 1. The minimum absolute atomic E-state index is 0.140. The molecule has 16 heavy (non-hydrogen) atoms. The molecule has 2 aromatic heterocycles. The lowest BCUT2D eigenvalue weighted by Gasteiger charge is -2.15. The molecule has 0 unspecified atom stereocenters. The Morgan fingerprint density at radius 3 is 2.50 bits per heavy atom. The SMILES string of the molecule is Cc1nc2c(C(C)(C)C)[nH]nc2c(=O)n1Cl. The number of hydrogen-bond donors (Lipinski definition) is 1. The van der Waals surface area contributed by atoms with Gasteiger partial charge >= 0.3 is 0 Å². The summed E-state index contributed by atoms with van der Waals surface area (Å²) in [4.78, 5) is 16.1. The van der Waals surface area contributed by atoms with E-state index in [-0.39, 0.29) is 16.5 Å². The second-order valence-corrected chi connectivity index (χ2v) is 5.13. The van der Waals surface area contributed by atoms with Gasteiger partial charge in [0.2, 0.25) is 0 Å². The number of fused-ring (bicyclic) bond motifs is 1. The molecule has 0 radical (unpaired) electrons. The minimum atomic E-state index is -0.337. The van der Waals surface area contributed by atoms with E-state index < -0.39 is 0 Å². The number of rotatable bonds is 0. The highest BCUT2D eigenvalue weighted by molar-refractivity contribution is 6.16. The molecule has 0 atom stereocenters. The van der Waals surface area contributed by atoms with E-state index in [0.717, 1.165) is 9.78 Å². The summed E-state index contributed by atoms with van der Waals surface area (Å²) in [6.45, 7) is 7.78. The lowest BCUT2D eigenvalue weighted by atomic mass is 9.91. The Bertz CT molecular complexity index is 606. The Labute approximate surface area is 97.6 Å². The Hall–Kier alpha value is -1.36. The van der Waals surface area contributed by atoms with Crippen molar-refractivity contribution in [3.8, 4) is 0 Å². The Kier molecular flexibility index (Phi) is 2.31. The number of aryl methyl sites for hydroxylation is 1. The maximum Gasteiger partial charge on any atom is 0.296 e. The van der Waals surface area contributed by atoms with Gasteiger partial charge in [0, 0.05) is 17.2 Å². The normalized spacial score (nSPS) is 12.3. The van der Waals surface area contributed by atoms with E-state index in [9.17, 15) is 4.79 Å². The zero-order valence-electron chi connectivity index (χ0n) is 9.63. The number of hydrogen-bond acceptors (Lipinski definition) is 3. The second-order valence-electron chi connectivity index (χ2n) is 4.79. The van der Waals surface area contributed by atoms with Crippen molar-refractivity contribution < 1.29 is 0 Å².